The molecule has 0 N–H and O–H groups in total. The van der Waals surface area contributed by atoms with Crippen LogP contribution in [-0.4, -0.2) is 68.3 Å². The predicted octanol–water partition coefficient (Wildman–Crippen LogP) is 3.18. The van der Waals surface area contributed by atoms with Gasteiger partial charge in [-0.25, -0.2) is 4.98 Å². The highest BCUT2D eigenvalue weighted by Crippen LogP contribution is 2.39. The monoisotopic (exact) mass is 369 g/mol. The minimum absolute atomic E-state index is 0.448. The van der Waals surface area contributed by atoms with Crippen LogP contribution in [0.1, 0.15) is 24.8 Å². The van der Waals surface area contributed by atoms with E-state index in [1.165, 1.54) is 49.8 Å². The van der Waals surface area contributed by atoms with Crippen LogP contribution in [0.3, 0.4) is 0 Å². The largest absolute Gasteiger partial charge is 0.481 e. The van der Waals surface area contributed by atoms with E-state index in [4.69, 9.17) is 14.5 Å². The lowest BCUT2D eigenvalue weighted by atomic mass is 9.79. The van der Waals surface area contributed by atoms with Gasteiger partial charge in [0.05, 0.1) is 19.2 Å². The molecule has 4 rings (SSSR count). The summed E-state index contributed by atoms with van der Waals surface area (Å²) in [5.74, 6) is 0.764. The van der Waals surface area contributed by atoms with Gasteiger partial charge in [-0.2, -0.15) is 0 Å². The average Bonchev–Trinajstić information content (AvgIpc) is 3.07. The molecule has 1 unspecified atom stereocenters. The number of methoxy groups -OCH3 is 2. The highest BCUT2D eigenvalue weighted by atomic mass is 16.5. The highest BCUT2D eigenvalue weighted by molar-refractivity contribution is 5.80. The average molecular weight is 370 g/mol. The maximum atomic E-state index is 5.60. The van der Waals surface area contributed by atoms with Gasteiger partial charge in [0.1, 0.15) is 0 Å². The summed E-state index contributed by atoms with van der Waals surface area (Å²) < 4.78 is 10.9. The molecular weight excluding hydrogens is 338 g/mol. The van der Waals surface area contributed by atoms with E-state index < -0.39 is 0 Å². The SMILES string of the molecule is COCCN1CCCC2(CCN(Cc3cc4ccccc4nc3OC)C2)C1. The first-order valence-electron chi connectivity index (χ1n) is 10.1. The molecule has 2 aliphatic rings. The Morgan fingerprint density at radius 1 is 1.07 bits per heavy atom. The fourth-order valence-corrected chi connectivity index (χ4v) is 4.89. The number of hydrogen-bond donors (Lipinski definition) is 0. The molecule has 5 heteroatoms. The van der Waals surface area contributed by atoms with Crippen molar-refractivity contribution in [3.8, 4) is 5.88 Å². The summed E-state index contributed by atoms with van der Waals surface area (Å²) in [6.45, 7) is 7.56. The second-order valence-electron chi connectivity index (χ2n) is 8.18. The maximum absolute atomic E-state index is 5.60. The number of aromatic nitrogens is 1. The van der Waals surface area contributed by atoms with Gasteiger partial charge in [0.2, 0.25) is 5.88 Å². The van der Waals surface area contributed by atoms with Crippen LogP contribution in [0, 0.1) is 5.41 Å². The highest BCUT2D eigenvalue weighted by Gasteiger charge is 2.41. The molecule has 3 heterocycles. The summed E-state index contributed by atoms with van der Waals surface area (Å²) >= 11 is 0. The number of likely N-dealkylation sites (tertiary alicyclic amines) is 2. The van der Waals surface area contributed by atoms with Crippen molar-refractivity contribution < 1.29 is 9.47 Å². The lowest BCUT2D eigenvalue weighted by Gasteiger charge is -2.40. The van der Waals surface area contributed by atoms with Gasteiger partial charge in [-0.05, 0) is 49.9 Å². The molecule has 2 aromatic rings. The van der Waals surface area contributed by atoms with E-state index in [0.717, 1.165) is 37.6 Å². The lowest BCUT2D eigenvalue weighted by Crippen LogP contribution is -2.45. The summed E-state index contributed by atoms with van der Waals surface area (Å²) in [6, 6.07) is 10.5. The van der Waals surface area contributed by atoms with Gasteiger partial charge in [0, 0.05) is 44.2 Å². The van der Waals surface area contributed by atoms with Crippen molar-refractivity contribution in [2.24, 2.45) is 5.41 Å². The summed E-state index contributed by atoms with van der Waals surface area (Å²) in [6.07, 6.45) is 3.94. The van der Waals surface area contributed by atoms with Crippen molar-refractivity contribution in [2.75, 3.05) is 53.6 Å². The lowest BCUT2D eigenvalue weighted by molar-refractivity contribution is 0.0673. The van der Waals surface area contributed by atoms with Crippen molar-refractivity contribution in [2.45, 2.75) is 25.8 Å². The molecule has 2 aliphatic heterocycles. The third-order valence-corrected chi connectivity index (χ3v) is 6.22. The quantitative estimate of drug-likeness (QED) is 0.782. The first-order valence-corrected chi connectivity index (χ1v) is 10.1. The number of rotatable bonds is 6. The maximum Gasteiger partial charge on any atom is 0.218 e. The summed E-state index contributed by atoms with van der Waals surface area (Å²) in [4.78, 5) is 9.90. The van der Waals surface area contributed by atoms with E-state index in [-0.39, 0.29) is 0 Å². The van der Waals surface area contributed by atoms with Crippen molar-refractivity contribution in [3.63, 3.8) is 0 Å². The summed E-state index contributed by atoms with van der Waals surface area (Å²) in [7, 11) is 3.52. The van der Waals surface area contributed by atoms with Gasteiger partial charge < -0.3 is 14.4 Å². The summed E-state index contributed by atoms with van der Waals surface area (Å²) in [5.41, 5.74) is 2.64. The molecule has 1 atom stereocenters. The Hall–Kier alpha value is -1.69. The molecule has 2 fully saturated rings. The number of nitrogens with zero attached hydrogens (tertiary/aromatic N) is 3. The van der Waals surface area contributed by atoms with Crippen LogP contribution in [0.5, 0.6) is 5.88 Å². The Bertz CT molecular complexity index is 781. The van der Waals surface area contributed by atoms with Crippen LogP contribution in [0.25, 0.3) is 10.9 Å². The zero-order valence-corrected chi connectivity index (χ0v) is 16.6. The van der Waals surface area contributed by atoms with Gasteiger partial charge in [0.25, 0.3) is 0 Å². The predicted molar refractivity (Wildman–Crippen MR) is 108 cm³/mol. The Morgan fingerprint density at radius 3 is 2.78 bits per heavy atom. The molecule has 1 spiro atoms. The van der Waals surface area contributed by atoms with Crippen molar-refractivity contribution >= 4 is 10.9 Å². The topological polar surface area (TPSA) is 37.8 Å². The molecule has 0 amide bonds. The van der Waals surface area contributed by atoms with Crippen LogP contribution >= 0.6 is 0 Å². The van der Waals surface area contributed by atoms with Gasteiger partial charge in [-0.1, -0.05) is 18.2 Å². The second kappa shape index (κ2) is 8.13. The van der Waals surface area contributed by atoms with Crippen molar-refractivity contribution in [1.82, 2.24) is 14.8 Å². The van der Waals surface area contributed by atoms with Crippen molar-refractivity contribution in [1.29, 1.82) is 0 Å². The standard InChI is InChI=1S/C22H31N3O2/c1-26-13-12-24-10-5-8-22(16-24)9-11-25(17-22)15-19-14-18-6-3-4-7-20(18)23-21(19)27-2/h3-4,6-7,14H,5,8-13,15-17H2,1-2H3. The zero-order valence-electron chi connectivity index (χ0n) is 16.6. The van der Waals surface area contributed by atoms with Crippen LogP contribution < -0.4 is 4.74 Å². The number of piperidine rings is 1. The van der Waals surface area contributed by atoms with E-state index in [1.807, 2.05) is 12.1 Å². The minimum Gasteiger partial charge on any atom is -0.481 e. The van der Waals surface area contributed by atoms with Crippen LogP contribution in [0.15, 0.2) is 30.3 Å². The summed E-state index contributed by atoms with van der Waals surface area (Å²) in [5, 5.41) is 1.19. The molecule has 1 aromatic heterocycles. The number of para-hydroxylation sites is 1. The van der Waals surface area contributed by atoms with Crippen LogP contribution in [0.4, 0.5) is 0 Å². The number of pyridine rings is 1. The smallest absolute Gasteiger partial charge is 0.218 e. The molecule has 0 bridgehead atoms. The first-order chi connectivity index (χ1) is 13.2. The fourth-order valence-electron chi connectivity index (χ4n) is 4.89. The molecule has 0 aliphatic carbocycles. The van der Waals surface area contributed by atoms with Crippen LogP contribution in [0.2, 0.25) is 0 Å². The fraction of sp³-hybridized carbons (Fsp3) is 0.591. The van der Waals surface area contributed by atoms with Gasteiger partial charge in [-0.15, -0.1) is 0 Å². The van der Waals surface area contributed by atoms with E-state index in [2.05, 4.69) is 28.0 Å². The molecular formula is C22H31N3O2. The molecule has 0 radical (unpaired) electrons. The Kier molecular flexibility index (Phi) is 5.62. The van der Waals surface area contributed by atoms with E-state index >= 15 is 0 Å². The van der Waals surface area contributed by atoms with E-state index in [0.29, 0.717) is 5.41 Å². The Labute approximate surface area is 162 Å². The zero-order chi connectivity index (χ0) is 18.7. The minimum atomic E-state index is 0.448. The first kappa shape index (κ1) is 18.7. The molecule has 27 heavy (non-hydrogen) atoms. The van der Waals surface area contributed by atoms with Crippen molar-refractivity contribution in [3.05, 3.63) is 35.9 Å². The van der Waals surface area contributed by atoms with Gasteiger partial charge >= 0.3 is 0 Å². The number of ether oxygens (including phenoxy) is 2. The van der Waals surface area contributed by atoms with E-state index in [9.17, 15) is 0 Å². The molecule has 146 valence electrons. The number of fused-ring (bicyclic) bond motifs is 1. The second-order valence-corrected chi connectivity index (χ2v) is 8.18. The van der Waals surface area contributed by atoms with Gasteiger partial charge in [-0.3, -0.25) is 4.90 Å². The molecule has 5 nitrogen and oxygen atoms in total. The third-order valence-electron chi connectivity index (χ3n) is 6.22. The Morgan fingerprint density at radius 2 is 1.93 bits per heavy atom. The third kappa shape index (κ3) is 4.10. The Balaban J connectivity index is 1.46. The molecule has 1 aromatic carbocycles. The van der Waals surface area contributed by atoms with Crippen LogP contribution in [-0.2, 0) is 11.3 Å². The molecule has 2 saturated heterocycles. The number of hydrogen-bond acceptors (Lipinski definition) is 5. The normalized spacial score (nSPS) is 24.1. The van der Waals surface area contributed by atoms with E-state index in [1.54, 1.807) is 14.2 Å². The number of benzene rings is 1. The molecule has 0 saturated carbocycles. The van der Waals surface area contributed by atoms with Gasteiger partial charge in [0.15, 0.2) is 0 Å².